The van der Waals surface area contributed by atoms with Gasteiger partial charge in [0.2, 0.25) is 5.43 Å². The Morgan fingerprint density at radius 2 is 1.67 bits per heavy atom. The predicted molar refractivity (Wildman–Crippen MR) is 124 cm³/mol. The number of benzene rings is 2. The molecule has 3 heterocycles. The number of carbonyl (C=O) groups is 1. The number of rotatable bonds is 3. The van der Waals surface area contributed by atoms with E-state index in [-0.39, 0.29) is 23.3 Å². The summed E-state index contributed by atoms with van der Waals surface area (Å²) in [4.78, 5) is 28.7. The predicted octanol–water partition coefficient (Wildman–Crippen LogP) is 2.85. The highest BCUT2D eigenvalue weighted by molar-refractivity contribution is 5.94. The van der Waals surface area contributed by atoms with Gasteiger partial charge in [0.05, 0.1) is 11.2 Å². The number of hydrogen-bond donors (Lipinski definition) is 1. The number of piperazine rings is 1. The summed E-state index contributed by atoms with van der Waals surface area (Å²) in [7, 11) is 2.09. The van der Waals surface area contributed by atoms with Crippen LogP contribution in [-0.2, 0) is 0 Å². The van der Waals surface area contributed by atoms with E-state index in [2.05, 4.69) is 11.9 Å². The molecule has 33 heavy (non-hydrogen) atoms. The summed E-state index contributed by atoms with van der Waals surface area (Å²) in [5, 5.41) is 9.45. The van der Waals surface area contributed by atoms with Crippen LogP contribution in [-0.4, -0.2) is 58.2 Å². The van der Waals surface area contributed by atoms with Crippen LogP contribution in [0.25, 0.3) is 16.6 Å². The monoisotopic (exact) mass is 479 g/mol. The molecule has 0 saturated carbocycles. The van der Waals surface area contributed by atoms with Gasteiger partial charge in [0, 0.05) is 42.4 Å². The van der Waals surface area contributed by atoms with Crippen molar-refractivity contribution in [2.75, 3.05) is 25.0 Å². The van der Waals surface area contributed by atoms with E-state index in [0.717, 1.165) is 18.9 Å². The number of aromatic carboxylic acids is 1. The van der Waals surface area contributed by atoms with Gasteiger partial charge >= 0.3 is 5.97 Å². The Morgan fingerprint density at radius 1 is 1.06 bits per heavy atom. The summed E-state index contributed by atoms with van der Waals surface area (Å²) in [5.74, 6) is -2.39. The van der Waals surface area contributed by atoms with Crippen molar-refractivity contribution in [3.63, 3.8) is 0 Å². The molecule has 7 nitrogen and oxygen atoms in total. The molecule has 2 fully saturated rings. The maximum atomic E-state index is 15.2. The first-order valence-corrected chi connectivity index (χ1v) is 10.2. The number of fused-ring (bicyclic) bond motifs is 3. The Balaban J connectivity index is 0.00000153. The molecule has 2 saturated heterocycles. The second-order valence-corrected chi connectivity index (χ2v) is 8.30. The van der Waals surface area contributed by atoms with Gasteiger partial charge in [-0.1, -0.05) is 0 Å². The molecule has 1 aromatic heterocycles. The number of hydrogen-bond acceptors (Lipinski definition) is 4. The van der Waals surface area contributed by atoms with Crippen LogP contribution < -0.4 is 10.3 Å². The zero-order valence-corrected chi connectivity index (χ0v) is 18.6. The third-order valence-corrected chi connectivity index (χ3v) is 6.60. The summed E-state index contributed by atoms with van der Waals surface area (Å²) in [5.41, 5.74) is 0.0244. The lowest BCUT2D eigenvalue weighted by Gasteiger charge is -2.40. The van der Waals surface area contributed by atoms with Crippen LogP contribution in [0.15, 0.2) is 47.4 Å². The fraction of sp³-hybridized carbons (Fsp3) is 0.304. The molecule has 0 unspecified atom stereocenters. The summed E-state index contributed by atoms with van der Waals surface area (Å²) in [6, 6.07) is 8.91. The second-order valence-electron chi connectivity index (χ2n) is 8.30. The molecule has 2 aromatic carbocycles. The topological polar surface area (TPSA) is 97.3 Å². The highest BCUT2D eigenvalue weighted by Crippen LogP contribution is 2.34. The van der Waals surface area contributed by atoms with Crippen LogP contribution in [0.1, 0.15) is 23.2 Å². The van der Waals surface area contributed by atoms with Crippen molar-refractivity contribution < 1.29 is 24.2 Å². The number of nitrogens with zero attached hydrogens (tertiary/aromatic N) is 3. The first kappa shape index (κ1) is 24.6. The van der Waals surface area contributed by atoms with E-state index in [4.69, 9.17) is 0 Å². The largest absolute Gasteiger partial charge is 0.477 e. The van der Waals surface area contributed by atoms with Gasteiger partial charge in [-0.25, -0.2) is 13.6 Å². The molecule has 0 radical (unpaired) electrons. The maximum Gasteiger partial charge on any atom is 0.341 e. The van der Waals surface area contributed by atoms with Crippen molar-refractivity contribution >= 4 is 35.0 Å². The molecule has 2 aliphatic rings. The molecule has 3 aromatic rings. The number of carboxylic acid groups (broad SMARTS) is 1. The minimum Gasteiger partial charge on any atom is -0.477 e. The first-order chi connectivity index (χ1) is 14.8. The smallest absolute Gasteiger partial charge is 0.341 e. The van der Waals surface area contributed by atoms with Crippen LogP contribution in [0.3, 0.4) is 0 Å². The number of pyridine rings is 1. The quantitative estimate of drug-likeness (QED) is 0.623. The molecule has 10 heteroatoms. The van der Waals surface area contributed by atoms with Crippen molar-refractivity contribution in [2.45, 2.75) is 24.9 Å². The molecule has 0 amide bonds. The molecular weight excluding hydrogens is 456 g/mol. The molecule has 0 spiro atoms. The Labute approximate surface area is 194 Å². The van der Waals surface area contributed by atoms with E-state index < -0.39 is 28.6 Å². The lowest BCUT2D eigenvalue weighted by atomic mass is 10.1. The lowest BCUT2D eigenvalue weighted by molar-refractivity contribution is 0.0695. The number of carboxylic acids is 1. The Bertz CT molecular complexity index is 1250. The maximum absolute atomic E-state index is 15.2. The molecule has 5 rings (SSSR count). The van der Waals surface area contributed by atoms with Crippen LogP contribution in [0, 0.1) is 11.6 Å². The fourth-order valence-corrected chi connectivity index (χ4v) is 4.85. The summed E-state index contributed by atoms with van der Waals surface area (Å²) in [6.45, 7) is 1.37. The van der Waals surface area contributed by atoms with E-state index in [9.17, 15) is 19.1 Å². The minimum absolute atomic E-state index is 0. The van der Waals surface area contributed by atoms with E-state index in [1.165, 1.54) is 35.0 Å². The average Bonchev–Trinajstić information content (AvgIpc) is 2.95. The normalized spacial score (nSPS) is 19.8. The first-order valence-electron chi connectivity index (χ1n) is 10.2. The van der Waals surface area contributed by atoms with Gasteiger partial charge < -0.3 is 20.0 Å². The van der Waals surface area contributed by atoms with Crippen LogP contribution >= 0.6 is 12.4 Å². The van der Waals surface area contributed by atoms with Crippen molar-refractivity contribution in [3.05, 3.63) is 70.0 Å². The van der Waals surface area contributed by atoms with Crippen LogP contribution in [0.2, 0.25) is 0 Å². The molecule has 2 atom stereocenters. The van der Waals surface area contributed by atoms with E-state index in [0.29, 0.717) is 42.1 Å². The lowest BCUT2D eigenvalue weighted by Crippen LogP contribution is -2.52. The molecule has 3 N–H and O–H groups in total. The van der Waals surface area contributed by atoms with Gasteiger partial charge in [0.25, 0.3) is 0 Å². The van der Waals surface area contributed by atoms with E-state index in [1.807, 2.05) is 4.90 Å². The van der Waals surface area contributed by atoms with Gasteiger partial charge in [0.1, 0.15) is 17.2 Å². The van der Waals surface area contributed by atoms with Crippen molar-refractivity contribution in [3.8, 4) is 5.69 Å². The molecule has 2 aliphatic heterocycles. The van der Waals surface area contributed by atoms with Crippen LogP contribution in [0.4, 0.5) is 14.5 Å². The van der Waals surface area contributed by atoms with Gasteiger partial charge in [-0.2, -0.15) is 0 Å². The number of aromatic nitrogens is 1. The SMILES string of the molecule is CN1[C@@H]2CC[C@H]1CN(c1cc3c(cc1F)c(=O)c(C(=O)O)cn3-c1ccc(F)cc1)C2.Cl.O. The zero-order chi connectivity index (χ0) is 21.9. The minimum atomic E-state index is -1.40. The number of anilines is 1. The van der Waals surface area contributed by atoms with Gasteiger partial charge in [-0.3, -0.25) is 9.69 Å². The molecular formula is C23H24ClF2N3O4. The van der Waals surface area contributed by atoms with Crippen molar-refractivity contribution in [2.24, 2.45) is 0 Å². The van der Waals surface area contributed by atoms with Gasteiger partial charge in [-0.15, -0.1) is 12.4 Å². The highest BCUT2D eigenvalue weighted by Gasteiger charge is 2.38. The van der Waals surface area contributed by atoms with Crippen LogP contribution in [0.5, 0.6) is 0 Å². The zero-order valence-electron chi connectivity index (χ0n) is 17.8. The highest BCUT2D eigenvalue weighted by atomic mass is 35.5. The Kier molecular flexibility index (Phi) is 6.78. The standard InChI is InChI=1S/C23H21F2N3O3.ClH.H2O/c1-26-15-6-7-16(26)11-27(10-15)21-9-20-17(8-19(21)25)22(29)18(23(30)31)12-28(20)14-4-2-13(24)3-5-14;;/h2-5,8-9,12,15-16H,6-7,10-11H2,1H3,(H,30,31);1H;1H2/t15-,16+;;. The second kappa shape index (κ2) is 9.09. The molecule has 2 bridgehead atoms. The van der Waals surface area contributed by atoms with E-state index >= 15 is 4.39 Å². The summed E-state index contributed by atoms with van der Waals surface area (Å²) >= 11 is 0. The van der Waals surface area contributed by atoms with Crippen molar-refractivity contribution in [1.82, 2.24) is 9.47 Å². The molecule has 0 aliphatic carbocycles. The fourth-order valence-electron chi connectivity index (χ4n) is 4.85. The third kappa shape index (κ3) is 4.07. The average molecular weight is 480 g/mol. The Morgan fingerprint density at radius 3 is 2.24 bits per heavy atom. The summed E-state index contributed by atoms with van der Waals surface area (Å²) in [6.07, 6.45) is 3.35. The van der Waals surface area contributed by atoms with E-state index in [1.54, 1.807) is 6.07 Å². The van der Waals surface area contributed by atoms with Crippen molar-refractivity contribution in [1.29, 1.82) is 0 Å². The van der Waals surface area contributed by atoms with Gasteiger partial charge in [-0.05, 0) is 56.3 Å². The Hall–Kier alpha value is -3.01. The number of halogens is 3. The number of likely N-dealkylation sites (N-methyl/N-ethyl adjacent to an activating group) is 1. The summed E-state index contributed by atoms with van der Waals surface area (Å²) < 4.78 is 30.1. The van der Waals surface area contributed by atoms with Gasteiger partial charge in [0.15, 0.2) is 0 Å². The third-order valence-electron chi connectivity index (χ3n) is 6.60. The molecule has 176 valence electrons.